The van der Waals surface area contributed by atoms with Gasteiger partial charge in [-0.15, -0.1) is 0 Å². The minimum absolute atomic E-state index is 0.181. The molecule has 1 aliphatic heterocycles. The number of ketones is 1. The molecule has 0 aliphatic carbocycles. The molecule has 0 amide bonds. The first-order chi connectivity index (χ1) is 5.89. The molecular weight excluding hydrogens is 168 g/mol. The van der Waals surface area contributed by atoms with Gasteiger partial charge in [0.25, 0.3) is 0 Å². The summed E-state index contributed by atoms with van der Waals surface area (Å²) in [5.74, 6) is -0.181. The summed E-state index contributed by atoms with van der Waals surface area (Å²) in [7, 11) is 0. The van der Waals surface area contributed by atoms with Crippen LogP contribution in [0.4, 0.5) is 0 Å². The zero-order valence-electron chi connectivity index (χ0n) is 8.76. The predicted octanol–water partition coefficient (Wildman–Crippen LogP) is 1.28. The first-order valence-corrected chi connectivity index (χ1v) is 4.82. The third kappa shape index (κ3) is 1.40. The Hall–Kier alpha value is -0.410. The number of carbonyl (C=O) groups is 1. The lowest BCUT2D eigenvalue weighted by Crippen LogP contribution is -2.38. The highest BCUT2D eigenvalue weighted by atomic mass is 16.6. The fourth-order valence-electron chi connectivity index (χ4n) is 1.70. The largest absolute Gasteiger partial charge is 0.382 e. The Morgan fingerprint density at radius 1 is 1.38 bits per heavy atom. The number of Topliss-reactive ketones (excluding diaryl/α,β-unsaturated/α-hetero) is 1. The van der Waals surface area contributed by atoms with Crippen molar-refractivity contribution in [3.8, 4) is 0 Å². The highest BCUT2D eigenvalue weighted by molar-refractivity contribution is 5.93. The van der Waals surface area contributed by atoms with E-state index in [1.807, 2.05) is 13.8 Å². The van der Waals surface area contributed by atoms with E-state index in [4.69, 9.17) is 4.74 Å². The van der Waals surface area contributed by atoms with Crippen LogP contribution < -0.4 is 0 Å². The summed E-state index contributed by atoms with van der Waals surface area (Å²) >= 11 is 0. The molecule has 0 bridgehead atoms. The van der Waals surface area contributed by atoms with Crippen LogP contribution in [0.3, 0.4) is 0 Å². The van der Waals surface area contributed by atoms with Crippen molar-refractivity contribution >= 4 is 5.78 Å². The van der Waals surface area contributed by atoms with Gasteiger partial charge >= 0.3 is 0 Å². The minimum Gasteiger partial charge on any atom is -0.382 e. The molecule has 13 heavy (non-hydrogen) atoms. The van der Waals surface area contributed by atoms with Crippen molar-refractivity contribution in [1.29, 1.82) is 0 Å². The van der Waals surface area contributed by atoms with Gasteiger partial charge in [-0.2, -0.15) is 0 Å². The van der Waals surface area contributed by atoms with E-state index in [1.54, 1.807) is 13.8 Å². The maximum absolute atomic E-state index is 11.7. The number of ether oxygens (including phenoxy) is 1. The first kappa shape index (κ1) is 10.7. The molecule has 3 nitrogen and oxygen atoms in total. The standard InChI is InChI=1S/C10H18O3/c1-5-9(3)7(11)8(12)10(4,6-2)13-9/h7,11H,5-6H2,1-4H3. The Kier molecular flexibility index (Phi) is 2.52. The number of hydrogen-bond donors (Lipinski definition) is 1. The Labute approximate surface area is 79.1 Å². The molecule has 0 aromatic rings. The Bertz CT molecular complexity index is 226. The molecule has 0 saturated carbocycles. The van der Waals surface area contributed by atoms with E-state index >= 15 is 0 Å². The zero-order chi connectivity index (χ0) is 10.3. The van der Waals surface area contributed by atoms with Crippen LogP contribution in [0.2, 0.25) is 0 Å². The van der Waals surface area contributed by atoms with Crippen LogP contribution in [0.25, 0.3) is 0 Å². The highest BCUT2D eigenvalue weighted by Crippen LogP contribution is 2.38. The van der Waals surface area contributed by atoms with E-state index in [0.717, 1.165) is 0 Å². The predicted molar refractivity (Wildman–Crippen MR) is 49.5 cm³/mol. The Morgan fingerprint density at radius 3 is 2.15 bits per heavy atom. The van der Waals surface area contributed by atoms with Gasteiger partial charge < -0.3 is 9.84 Å². The average Bonchev–Trinajstić information content (AvgIpc) is 2.30. The van der Waals surface area contributed by atoms with Crippen LogP contribution >= 0.6 is 0 Å². The quantitative estimate of drug-likeness (QED) is 0.706. The van der Waals surface area contributed by atoms with Crippen LogP contribution in [0.15, 0.2) is 0 Å². The van der Waals surface area contributed by atoms with Gasteiger partial charge in [0.15, 0.2) is 5.78 Å². The van der Waals surface area contributed by atoms with Gasteiger partial charge in [0.05, 0.1) is 5.60 Å². The van der Waals surface area contributed by atoms with Crippen molar-refractivity contribution in [3.05, 3.63) is 0 Å². The molecule has 0 spiro atoms. The maximum atomic E-state index is 11.7. The van der Waals surface area contributed by atoms with Gasteiger partial charge in [0, 0.05) is 0 Å². The lowest BCUT2D eigenvalue weighted by Gasteiger charge is -2.27. The molecule has 1 rings (SSSR count). The first-order valence-electron chi connectivity index (χ1n) is 4.82. The van der Waals surface area contributed by atoms with Crippen molar-refractivity contribution in [2.24, 2.45) is 0 Å². The Morgan fingerprint density at radius 2 is 1.92 bits per heavy atom. The van der Waals surface area contributed by atoms with Gasteiger partial charge in [0.2, 0.25) is 0 Å². The van der Waals surface area contributed by atoms with E-state index in [0.29, 0.717) is 12.8 Å². The topological polar surface area (TPSA) is 46.5 Å². The highest BCUT2D eigenvalue weighted by Gasteiger charge is 2.55. The van der Waals surface area contributed by atoms with E-state index in [2.05, 4.69) is 0 Å². The van der Waals surface area contributed by atoms with Crippen molar-refractivity contribution in [3.63, 3.8) is 0 Å². The van der Waals surface area contributed by atoms with Gasteiger partial charge in [-0.05, 0) is 26.7 Å². The zero-order valence-corrected chi connectivity index (χ0v) is 8.76. The second kappa shape index (κ2) is 3.07. The average molecular weight is 186 g/mol. The van der Waals surface area contributed by atoms with E-state index in [-0.39, 0.29) is 5.78 Å². The van der Waals surface area contributed by atoms with Crippen molar-refractivity contribution in [2.75, 3.05) is 0 Å². The second-order valence-corrected chi connectivity index (χ2v) is 4.12. The van der Waals surface area contributed by atoms with Crippen molar-refractivity contribution < 1.29 is 14.6 Å². The van der Waals surface area contributed by atoms with E-state index in [9.17, 15) is 9.90 Å². The molecule has 1 heterocycles. The summed E-state index contributed by atoms with van der Waals surface area (Å²) in [5.41, 5.74) is -1.48. The van der Waals surface area contributed by atoms with Gasteiger partial charge in [0.1, 0.15) is 11.7 Å². The summed E-state index contributed by atoms with van der Waals surface area (Å²) in [6, 6.07) is 0. The van der Waals surface area contributed by atoms with Crippen LogP contribution in [0.1, 0.15) is 40.5 Å². The summed E-state index contributed by atoms with van der Waals surface area (Å²) in [5, 5.41) is 9.71. The lowest BCUT2D eigenvalue weighted by atomic mass is 9.91. The van der Waals surface area contributed by atoms with Crippen LogP contribution in [-0.2, 0) is 9.53 Å². The fourth-order valence-corrected chi connectivity index (χ4v) is 1.70. The number of rotatable bonds is 2. The number of aliphatic hydroxyl groups is 1. The van der Waals surface area contributed by atoms with Crippen molar-refractivity contribution in [2.45, 2.75) is 57.8 Å². The van der Waals surface area contributed by atoms with Gasteiger partial charge in [-0.3, -0.25) is 4.79 Å². The molecule has 0 aromatic heterocycles. The maximum Gasteiger partial charge on any atom is 0.195 e. The third-order valence-corrected chi connectivity index (χ3v) is 3.18. The summed E-state index contributed by atoms with van der Waals surface area (Å²) < 4.78 is 5.66. The van der Waals surface area contributed by atoms with Crippen LogP contribution in [-0.4, -0.2) is 28.2 Å². The SMILES string of the molecule is CCC1(C)OC(C)(CC)C(O)C1=O. The Balaban J connectivity index is 2.97. The van der Waals surface area contributed by atoms with Gasteiger partial charge in [-0.25, -0.2) is 0 Å². The molecule has 1 fully saturated rings. The molecule has 3 heteroatoms. The monoisotopic (exact) mass is 186 g/mol. The van der Waals surface area contributed by atoms with Crippen LogP contribution in [0, 0.1) is 0 Å². The van der Waals surface area contributed by atoms with Gasteiger partial charge in [-0.1, -0.05) is 13.8 Å². The molecule has 3 atom stereocenters. The molecule has 0 aromatic carbocycles. The molecule has 1 aliphatic rings. The summed E-state index contributed by atoms with van der Waals surface area (Å²) in [6.07, 6.45) is 0.288. The molecule has 1 saturated heterocycles. The normalized spacial score (nSPS) is 45.6. The fraction of sp³-hybridized carbons (Fsp3) is 0.900. The molecule has 76 valence electrons. The number of hydrogen-bond acceptors (Lipinski definition) is 3. The lowest BCUT2D eigenvalue weighted by molar-refractivity contribution is -0.136. The smallest absolute Gasteiger partial charge is 0.195 e. The van der Waals surface area contributed by atoms with E-state index < -0.39 is 17.3 Å². The molecule has 3 unspecified atom stereocenters. The molecule has 1 N–H and O–H groups in total. The number of carbonyl (C=O) groups excluding carboxylic acids is 1. The number of aliphatic hydroxyl groups excluding tert-OH is 1. The summed E-state index contributed by atoms with van der Waals surface area (Å²) in [6.45, 7) is 7.35. The molecular formula is C10H18O3. The summed E-state index contributed by atoms with van der Waals surface area (Å²) in [4.78, 5) is 11.7. The van der Waals surface area contributed by atoms with E-state index in [1.165, 1.54) is 0 Å². The molecule has 0 radical (unpaired) electrons. The third-order valence-electron chi connectivity index (χ3n) is 3.18. The minimum atomic E-state index is -0.970. The van der Waals surface area contributed by atoms with Crippen LogP contribution in [0.5, 0.6) is 0 Å². The van der Waals surface area contributed by atoms with Crippen molar-refractivity contribution in [1.82, 2.24) is 0 Å². The second-order valence-electron chi connectivity index (χ2n) is 4.12.